The van der Waals surface area contributed by atoms with Crippen LogP contribution in [-0.4, -0.2) is 26.7 Å². The van der Waals surface area contributed by atoms with E-state index in [2.05, 4.69) is 9.55 Å². The fourth-order valence-electron chi connectivity index (χ4n) is 2.48. The number of imidazole rings is 1. The molecule has 0 spiro atoms. The summed E-state index contributed by atoms with van der Waals surface area (Å²) in [4.78, 5) is 15.3. The Morgan fingerprint density at radius 1 is 1.37 bits per heavy atom. The van der Waals surface area contributed by atoms with Gasteiger partial charge >= 0.3 is 5.97 Å². The number of nitrogens with zero attached hydrogens (tertiary/aromatic N) is 2. The molecule has 1 unspecified atom stereocenters. The molecule has 0 aliphatic carbocycles. The summed E-state index contributed by atoms with van der Waals surface area (Å²) in [6, 6.07) is 7.02. The smallest absolute Gasteiger partial charge is 0.335 e. The van der Waals surface area contributed by atoms with E-state index < -0.39 is 5.97 Å². The third-order valence-electron chi connectivity index (χ3n) is 3.52. The molecule has 0 fully saturated rings. The van der Waals surface area contributed by atoms with Crippen molar-refractivity contribution in [3.63, 3.8) is 0 Å². The summed E-state index contributed by atoms with van der Waals surface area (Å²) in [6.07, 6.45) is 3.66. The Morgan fingerprint density at radius 2 is 2.11 bits per heavy atom. The molecule has 98 valence electrons. The molecule has 1 aromatic heterocycles. The number of carbonyl (C=O) groups is 1. The molecule has 2 aromatic rings. The molecule has 1 aliphatic heterocycles. The van der Waals surface area contributed by atoms with Crippen molar-refractivity contribution in [1.29, 1.82) is 0 Å². The number of fused-ring (bicyclic) bond motifs is 1. The zero-order chi connectivity index (χ0) is 13.4. The van der Waals surface area contributed by atoms with Crippen LogP contribution in [0.4, 0.5) is 0 Å². The van der Waals surface area contributed by atoms with Crippen LogP contribution in [0.3, 0.4) is 0 Å². The fourth-order valence-corrected chi connectivity index (χ4v) is 2.48. The molecule has 0 bridgehead atoms. The van der Waals surface area contributed by atoms with Crippen LogP contribution in [0.15, 0.2) is 30.5 Å². The van der Waals surface area contributed by atoms with Crippen LogP contribution in [0.1, 0.15) is 22.5 Å². The molecular weight excluding hydrogens is 242 g/mol. The normalized spacial score (nSPS) is 18.1. The minimum absolute atomic E-state index is 0.214. The maximum atomic E-state index is 10.8. The number of hydrogen-bond acceptors (Lipinski definition) is 3. The van der Waals surface area contributed by atoms with Crippen LogP contribution < -0.4 is 5.73 Å². The molecule has 19 heavy (non-hydrogen) atoms. The molecule has 1 aliphatic rings. The maximum absolute atomic E-state index is 10.8. The van der Waals surface area contributed by atoms with Gasteiger partial charge in [0.15, 0.2) is 0 Å². The molecule has 1 atom stereocenters. The first-order chi connectivity index (χ1) is 9.15. The standard InChI is InChI=1S/C14H15N3O2/c15-11-5-6-17-12(7-11)8-16-13(17)9-1-3-10(4-2-9)14(18)19/h1-4,8,11H,5-7,15H2,(H,18,19). The topological polar surface area (TPSA) is 81.1 Å². The first kappa shape index (κ1) is 11.9. The van der Waals surface area contributed by atoms with Crippen LogP contribution in [0.5, 0.6) is 0 Å². The largest absolute Gasteiger partial charge is 0.478 e. The third kappa shape index (κ3) is 2.13. The van der Waals surface area contributed by atoms with Crippen LogP contribution in [0.2, 0.25) is 0 Å². The Morgan fingerprint density at radius 3 is 2.79 bits per heavy atom. The van der Waals surface area contributed by atoms with Gasteiger partial charge in [-0.2, -0.15) is 0 Å². The summed E-state index contributed by atoms with van der Waals surface area (Å²) in [5.74, 6) is -0.0264. The highest BCUT2D eigenvalue weighted by Gasteiger charge is 2.19. The SMILES string of the molecule is NC1CCn2c(cnc2-c2ccc(C(=O)O)cc2)C1. The molecule has 1 aromatic carbocycles. The number of aromatic nitrogens is 2. The fraction of sp³-hybridized carbons (Fsp3) is 0.286. The summed E-state index contributed by atoms with van der Waals surface area (Å²) in [5.41, 5.74) is 8.32. The van der Waals surface area contributed by atoms with Gasteiger partial charge in [-0.3, -0.25) is 0 Å². The Labute approximate surface area is 110 Å². The predicted molar refractivity (Wildman–Crippen MR) is 70.9 cm³/mol. The summed E-state index contributed by atoms with van der Waals surface area (Å²) >= 11 is 0. The molecule has 0 saturated carbocycles. The lowest BCUT2D eigenvalue weighted by atomic mass is 10.1. The van der Waals surface area contributed by atoms with E-state index >= 15 is 0 Å². The third-order valence-corrected chi connectivity index (χ3v) is 3.52. The van der Waals surface area contributed by atoms with Crippen molar-refractivity contribution in [2.24, 2.45) is 5.73 Å². The van der Waals surface area contributed by atoms with E-state index in [1.165, 1.54) is 0 Å². The number of aromatic carboxylic acids is 1. The number of hydrogen-bond donors (Lipinski definition) is 2. The van der Waals surface area contributed by atoms with Crippen molar-refractivity contribution >= 4 is 5.97 Å². The monoisotopic (exact) mass is 257 g/mol. The van der Waals surface area contributed by atoms with Gasteiger partial charge in [-0.15, -0.1) is 0 Å². The first-order valence-corrected chi connectivity index (χ1v) is 6.29. The van der Waals surface area contributed by atoms with Crippen molar-refractivity contribution in [2.45, 2.75) is 25.4 Å². The predicted octanol–water partition coefficient (Wildman–Crippen LogP) is 1.52. The van der Waals surface area contributed by atoms with Crippen LogP contribution in [-0.2, 0) is 13.0 Å². The van der Waals surface area contributed by atoms with E-state index in [9.17, 15) is 4.79 Å². The molecular formula is C14H15N3O2. The van der Waals surface area contributed by atoms with Gasteiger partial charge in [0.25, 0.3) is 0 Å². The number of nitrogens with two attached hydrogens (primary N) is 1. The summed E-state index contributed by atoms with van der Waals surface area (Å²) in [5, 5.41) is 8.89. The van der Waals surface area contributed by atoms with Crippen molar-refractivity contribution in [2.75, 3.05) is 0 Å². The van der Waals surface area contributed by atoms with Gasteiger partial charge in [-0.05, 0) is 18.6 Å². The molecule has 3 rings (SSSR count). The Balaban J connectivity index is 1.97. The first-order valence-electron chi connectivity index (χ1n) is 6.29. The molecule has 0 radical (unpaired) electrons. The van der Waals surface area contributed by atoms with Crippen LogP contribution in [0.25, 0.3) is 11.4 Å². The maximum Gasteiger partial charge on any atom is 0.335 e. The van der Waals surface area contributed by atoms with Gasteiger partial charge < -0.3 is 15.4 Å². The number of carboxylic acid groups (broad SMARTS) is 1. The van der Waals surface area contributed by atoms with E-state index in [0.717, 1.165) is 36.5 Å². The molecule has 5 heteroatoms. The van der Waals surface area contributed by atoms with Crippen LogP contribution >= 0.6 is 0 Å². The lowest BCUT2D eigenvalue weighted by Gasteiger charge is -2.21. The number of benzene rings is 1. The molecule has 3 N–H and O–H groups in total. The van der Waals surface area contributed by atoms with E-state index in [0.29, 0.717) is 0 Å². The van der Waals surface area contributed by atoms with Gasteiger partial charge in [0, 0.05) is 36.5 Å². The summed E-state index contributed by atoms with van der Waals surface area (Å²) in [7, 11) is 0. The Kier molecular flexibility index (Phi) is 2.83. The van der Waals surface area contributed by atoms with Gasteiger partial charge in [0.05, 0.1) is 5.56 Å². The number of rotatable bonds is 2. The van der Waals surface area contributed by atoms with Gasteiger partial charge in [-0.1, -0.05) is 12.1 Å². The highest BCUT2D eigenvalue weighted by Crippen LogP contribution is 2.24. The van der Waals surface area contributed by atoms with Gasteiger partial charge in [-0.25, -0.2) is 9.78 Å². The highest BCUT2D eigenvalue weighted by molar-refractivity contribution is 5.88. The zero-order valence-corrected chi connectivity index (χ0v) is 10.4. The van der Waals surface area contributed by atoms with Gasteiger partial charge in [0.1, 0.15) is 5.82 Å². The quantitative estimate of drug-likeness (QED) is 0.854. The average molecular weight is 257 g/mol. The van der Waals surface area contributed by atoms with E-state index in [-0.39, 0.29) is 11.6 Å². The molecule has 5 nitrogen and oxygen atoms in total. The lowest BCUT2D eigenvalue weighted by molar-refractivity contribution is 0.0697. The minimum Gasteiger partial charge on any atom is -0.478 e. The van der Waals surface area contributed by atoms with E-state index in [1.807, 2.05) is 6.20 Å². The van der Waals surface area contributed by atoms with Crippen molar-refractivity contribution in [1.82, 2.24) is 9.55 Å². The molecule has 0 saturated heterocycles. The van der Waals surface area contributed by atoms with Crippen molar-refractivity contribution in [3.05, 3.63) is 41.7 Å². The lowest BCUT2D eigenvalue weighted by Crippen LogP contribution is -2.30. The van der Waals surface area contributed by atoms with E-state index in [1.54, 1.807) is 24.3 Å². The minimum atomic E-state index is -0.914. The van der Waals surface area contributed by atoms with Gasteiger partial charge in [0.2, 0.25) is 0 Å². The van der Waals surface area contributed by atoms with Crippen molar-refractivity contribution in [3.8, 4) is 11.4 Å². The molecule has 0 amide bonds. The number of carboxylic acids is 1. The molecule has 2 heterocycles. The second-order valence-corrected chi connectivity index (χ2v) is 4.86. The Hall–Kier alpha value is -2.14. The summed E-state index contributed by atoms with van der Waals surface area (Å²) < 4.78 is 2.17. The highest BCUT2D eigenvalue weighted by atomic mass is 16.4. The summed E-state index contributed by atoms with van der Waals surface area (Å²) in [6.45, 7) is 0.868. The van der Waals surface area contributed by atoms with E-state index in [4.69, 9.17) is 10.8 Å². The zero-order valence-electron chi connectivity index (χ0n) is 10.4. The average Bonchev–Trinajstić information content (AvgIpc) is 2.81. The second kappa shape index (κ2) is 4.51. The van der Waals surface area contributed by atoms with Crippen LogP contribution in [0, 0.1) is 0 Å². The van der Waals surface area contributed by atoms with Crippen molar-refractivity contribution < 1.29 is 9.90 Å². The second-order valence-electron chi connectivity index (χ2n) is 4.86. The Bertz CT molecular complexity index is 616.